The molecule has 2 rings (SSSR count). The van der Waals surface area contributed by atoms with Gasteiger partial charge in [-0.1, -0.05) is 48.3 Å². The summed E-state index contributed by atoms with van der Waals surface area (Å²) in [5.41, 5.74) is 3.52. The first-order valence-electron chi connectivity index (χ1n) is 5.91. The lowest BCUT2D eigenvalue weighted by molar-refractivity contribution is 0.885. The van der Waals surface area contributed by atoms with Crippen LogP contribution in [0.4, 0.5) is 5.69 Å². The largest absolute Gasteiger partial charge is 0.378 e. The summed E-state index contributed by atoms with van der Waals surface area (Å²) in [6.45, 7) is 4.25. The molecule has 0 aliphatic rings. The number of hydrogen-bond acceptors (Lipinski definition) is 2. The van der Waals surface area contributed by atoms with Gasteiger partial charge in [-0.3, -0.25) is 0 Å². The molecule has 0 amide bonds. The second-order valence-electron chi connectivity index (χ2n) is 4.16. The Labute approximate surface area is 122 Å². The van der Waals surface area contributed by atoms with Gasteiger partial charge in [0.05, 0.1) is 14.7 Å². The molecule has 1 N–H and O–H groups in total. The molecular weight excluding hydrogens is 285 g/mol. The fourth-order valence-electron chi connectivity index (χ4n) is 1.93. The summed E-state index contributed by atoms with van der Waals surface area (Å²) in [6, 6.07) is 10.4. The molecule has 1 aromatic carbocycles. The van der Waals surface area contributed by atoms with E-state index < -0.39 is 0 Å². The van der Waals surface area contributed by atoms with E-state index in [1.807, 2.05) is 12.1 Å². The van der Waals surface area contributed by atoms with Crippen LogP contribution in [0, 0.1) is 0 Å². The number of para-hydroxylation sites is 1. The van der Waals surface area contributed by atoms with E-state index in [0.717, 1.165) is 26.3 Å². The molecule has 18 heavy (non-hydrogen) atoms. The van der Waals surface area contributed by atoms with Crippen molar-refractivity contribution in [3.63, 3.8) is 0 Å². The molecule has 1 nitrogen and oxygen atoms in total. The van der Waals surface area contributed by atoms with Crippen molar-refractivity contribution in [1.29, 1.82) is 0 Å². The summed E-state index contributed by atoms with van der Waals surface area (Å²) in [5, 5.41) is 3.50. The van der Waals surface area contributed by atoms with E-state index in [2.05, 4.69) is 37.4 Å². The van der Waals surface area contributed by atoms with E-state index >= 15 is 0 Å². The van der Waals surface area contributed by atoms with E-state index in [9.17, 15) is 0 Å². The lowest BCUT2D eigenvalue weighted by Crippen LogP contribution is -2.07. The average molecular weight is 300 g/mol. The maximum absolute atomic E-state index is 6.17. The minimum Gasteiger partial charge on any atom is -0.378 e. The molecule has 0 saturated heterocycles. The van der Waals surface area contributed by atoms with Gasteiger partial charge in [0, 0.05) is 11.3 Å². The second kappa shape index (κ2) is 5.96. The smallest absolute Gasteiger partial charge is 0.0996 e. The van der Waals surface area contributed by atoms with Crippen LogP contribution in [-0.2, 0) is 6.42 Å². The molecule has 1 heterocycles. The molecule has 0 spiro atoms. The van der Waals surface area contributed by atoms with Crippen molar-refractivity contribution in [3.8, 4) is 0 Å². The topological polar surface area (TPSA) is 12.0 Å². The van der Waals surface area contributed by atoms with Crippen molar-refractivity contribution >= 4 is 40.2 Å². The highest BCUT2D eigenvalue weighted by atomic mass is 35.5. The maximum Gasteiger partial charge on any atom is 0.0996 e. The third-order valence-corrected chi connectivity index (χ3v) is 4.44. The fraction of sp³-hybridized carbons (Fsp3) is 0.286. The Morgan fingerprint density at radius 3 is 2.61 bits per heavy atom. The summed E-state index contributed by atoms with van der Waals surface area (Å²) < 4.78 is 1.49. The van der Waals surface area contributed by atoms with Crippen LogP contribution < -0.4 is 5.32 Å². The Kier molecular flexibility index (Phi) is 4.55. The van der Waals surface area contributed by atoms with Crippen molar-refractivity contribution < 1.29 is 0 Å². The minimum absolute atomic E-state index is 0.147. The maximum atomic E-state index is 6.17. The third kappa shape index (κ3) is 3.00. The Bertz CT molecular complexity index is 536. The van der Waals surface area contributed by atoms with Gasteiger partial charge in [-0.2, -0.15) is 0 Å². The molecule has 2 aromatic rings. The molecule has 0 aliphatic carbocycles. The molecule has 0 aliphatic heterocycles. The van der Waals surface area contributed by atoms with Gasteiger partial charge in [0.15, 0.2) is 0 Å². The molecule has 0 fully saturated rings. The highest BCUT2D eigenvalue weighted by Gasteiger charge is 2.14. The zero-order valence-corrected chi connectivity index (χ0v) is 12.7. The summed E-state index contributed by atoms with van der Waals surface area (Å²) in [6.07, 6.45) is 1.01. The molecule has 1 aromatic heterocycles. The Balaban J connectivity index is 2.21. The summed E-state index contributed by atoms with van der Waals surface area (Å²) in [4.78, 5) is 0. The van der Waals surface area contributed by atoms with Gasteiger partial charge >= 0.3 is 0 Å². The highest BCUT2D eigenvalue weighted by molar-refractivity contribution is 7.20. The average Bonchev–Trinajstić information content (AvgIpc) is 2.69. The van der Waals surface area contributed by atoms with E-state index in [1.165, 1.54) is 16.9 Å². The molecule has 1 unspecified atom stereocenters. The number of thiophene rings is 1. The molecule has 96 valence electrons. The third-order valence-electron chi connectivity index (χ3n) is 2.92. The molecule has 1 atom stereocenters. The lowest BCUT2D eigenvalue weighted by atomic mass is 10.1. The number of nitrogens with one attached hydrogen (secondary N) is 1. The summed E-state index contributed by atoms with van der Waals surface area (Å²) in [5.74, 6) is 0. The number of anilines is 1. The van der Waals surface area contributed by atoms with E-state index in [-0.39, 0.29) is 6.04 Å². The van der Waals surface area contributed by atoms with Gasteiger partial charge in [0.2, 0.25) is 0 Å². The van der Waals surface area contributed by atoms with Crippen LogP contribution in [0.25, 0.3) is 0 Å². The molecule has 0 saturated carbocycles. The Hall–Kier alpha value is -0.700. The summed E-state index contributed by atoms with van der Waals surface area (Å²) >= 11 is 13.6. The van der Waals surface area contributed by atoms with Crippen LogP contribution >= 0.6 is 34.5 Å². The lowest BCUT2D eigenvalue weighted by Gasteiger charge is -2.17. The molecule has 0 bridgehead atoms. The van der Waals surface area contributed by atoms with Crippen molar-refractivity contribution in [2.24, 2.45) is 0 Å². The van der Waals surface area contributed by atoms with E-state index in [4.69, 9.17) is 23.2 Å². The monoisotopic (exact) mass is 299 g/mol. The van der Waals surface area contributed by atoms with E-state index in [0.29, 0.717) is 0 Å². The van der Waals surface area contributed by atoms with Crippen LogP contribution in [0.2, 0.25) is 8.67 Å². The van der Waals surface area contributed by atoms with Gasteiger partial charge in [0.1, 0.15) is 0 Å². The van der Waals surface area contributed by atoms with Crippen molar-refractivity contribution in [2.75, 3.05) is 5.32 Å². The van der Waals surface area contributed by atoms with Gasteiger partial charge in [-0.15, -0.1) is 11.3 Å². The van der Waals surface area contributed by atoms with Gasteiger partial charge in [0.25, 0.3) is 0 Å². The van der Waals surface area contributed by atoms with Gasteiger partial charge in [-0.25, -0.2) is 0 Å². The number of halogens is 2. The molecule has 4 heteroatoms. The zero-order valence-electron chi connectivity index (χ0n) is 10.3. The van der Waals surface area contributed by atoms with Crippen LogP contribution in [0.15, 0.2) is 30.3 Å². The SMILES string of the molecule is CCc1ccccc1NC(C)c1cc(Cl)sc1Cl. The number of hydrogen-bond donors (Lipinski definition) is 1. The first kappa shape index (κ1) is 13.7. The molecule has 0 radical (unpaired) electrons. The predicted octanol–water partition coefficient (Wildman–Crippen LogP) is 5.79. The van der Waals surface area contributed by atoms with Crippen LogP contribution in [0.5, 0.6) is 0 Å². The Morgan fingerprint density at radius 2 is 2.00 bits per heavy atom. The molecular formula is C14H15Cl2NS. The van der Waals surface area contributed by atoms with Crippen LogP contribution in [0.1, 0.15) is 31.0 Å². The summed E-state index contributed by atoms with van der Waals surface area (Å²) in [7, 11) is 0. The fourth-order valence-corrected chi connectivity index (χ4v) is 3.57. The minimum atomic E-state index is 0.147. The van der Waals surface area contributed by atoms with Crippen molar-refractivity contribution in [1.82, 2.24) is 0 Å². The second-order valence-corrected chi connectivity index (χ2v) is 6.44. The standard InChI is InChI=1S/C14H15Cl2NS/c1-3-10-6-4-5-7-12(10)17-9(2)11-8-13(15)18-14(11)16/h4-9,17H,3H2,1-2H3. The normalized spacial score (nSPS) is 12.4. The van der Waals surface area contributed by atoms with E-state index in [1.54, 1.807) is 0 Å². The van der Waals surface area contributed by atoms with Gasteiger partial charge < -0.3 is 5.32 Å². The number of benzene rings is 1. The first-order chi connectivity index (χ1) is 8.61. The Morgan fingerprint density at radius 1 is 1.28 bits per heavy atom. The van der Waals surface area contributed by atoms with Crippen molar-refractivity contribution in [2.45, 2.75) is 26.3 Å². The zero-order chi connectivity index (χ0) is 13.1. The number of aryl methyl sites for hydroxylation is 1. The van der Waals surface area contributed by atoms with Crippen LogP contribution in [-0.4, -0.2) is 0 Å². The van der Waals surface area contributed by atoms with Crippen LogP contribution in [0.3, 0.4) is 0 Å². The first-order valence-corrected chi connectivity index (χ1v) is 7.48. The van der Waals surface area contributed by atoms with Gasteiger partial charge in [-0.05, 0) is 31.0 Å². The highest BCUT2D eigenvalue weighted by Crippen LogP contribution is 2.36. The number of rotatable bonds is 4. The quantitative estimate of drug-likeness (QED) is 0.753. The van der Waals surface area contributed by atoms with Crippen molar-refractivity contribution in [3.05, 3.63) is 50.1 Å². The predicted molar refractivity (Wildman–Crippen MR) is 82.2 cm³/mol.